The molecule has 0 aliphatic heterocycles. The number of Topliss-reactive ketones (excluding diaryl/α,β-unsaturated/α-hetero) is 1. The van der Waals surface area contributed by atoms with E-state index in [1.807, 2.05) is 53.4 Å². The van der Waals surface area contributed by atoms with Crippen LogP contribution in [0.3, 0.4) is 0 Å². The molecule has 110 valence electrons. The van der Waals surface area contributed by atoms with Gasteiger partial charge >= 0.3 is 0 Å². The summed E-state index contributed by atoms with van der Waals surface area (Å²) in [5.74, 6) is 1.21. The van der Waals surface area contributed by atoms with Crippen LogP contribution < -0.4 is 4.57 Å². The molecule has 0 amide bonds. The average Bonchev–Trinajstić information content (AvgIpc) is 2.91. The van der Waals surface area contributed by atoms with Crippen LogP contribution in [-0.4, -0.2) is 10.4 Å². The van der Waals surface area contributed by atoms with Crippen molar-refractivity contribution in [2.75, 3.05) is 0 Å². The van der Waals surface area contributed by atoms with Gasteiger partial charge in [-0.3, -0.25) is 4.79 Å². The molecule has 0 saturated heterocycles. The fraction of sp³-hybridized carbons (Fsp3) is 0.158. The van der Waals surface area contributed by atoms with Crippen LogP contribution in [0, 0.1) is 0 Å². The number of hydrogen-bond acceptors (Lipinski definition) is 1. The van der Waals surface area contributed by atoms with Crippen molar-refractivity contribution >= 4 is 5.78 Å². The van der Waals surface area contributed by atoms with Gasteiger partial charge in [0.1, 0.15) is 25.5 Å². The van der Waals surface area contributed by atoms with Gasteiger partial charge in [-0.2, -0.15) is 0 Å². The molecular weight excluding hydrogens is 272 g/mol. The maximum atomic E-state index is 11.5. The second-order valence-corrected chi connectivity index (χ2v) is 5.43. The lowest BCUT2D eigenvalue weighted by molar-refractivity contribution is -0.676. The molecule has 1 heterocycles. The van der Waals surface area contributed by atoms with E-state index in [9.17, 15) is 4.79 Å². The van der Waals surface area contributed by atoms with Crippen molar-refractivity contribution in [3.63, 3.8) is 0 Å². The van der Waals surface area contributed by atoms with Gasteiger partial charge in [-0.25, -0.2) is 9.13 Å². The first-order chi connectivity index (χ1) is 10.7. The highest BCUT2D eigenvalue weighted by Gasteiger charge is 2.20. The van der Waals surface area contributed by atoms with E-state index < -0.39 is 0 Å². The Kier molecular flexibility index (Phi) is 4.15. The third-order valence-corrected chi connectivity index (χ3v) is 3.59. The van der Waals surface area contributed by atoms with E-state index in [1.165, 1.54) is 5.56 Å². The minimum Gasteiger partial charge on any atom is -0.296 e. The van der Waals surface area contributed by atoms with Crippen LogP contribution in [0.1, 0.15) is 12.5 Å². The molecule has 3 nitrogen and oxygen atoms in total. The molecule has 0 spiro atoms. The second-order valence-electron chi connectivity index (χ2n) is 5.43. The Hall–Kier alpha value is -2.68. The van der Waals surface area contributed by atoms with E-state index in [-0.39, 0.29) is 5.78 Å². The van der Waals surface area contributed by atoms with Crippen molar-refractivity contribution in [1.82, 2.24) is 4.57 Å². The molecule has 3 rings (SSSR count). The number of carbonyl (C=O) groups excluding carboxylic acids is 1. The number of aromatic nitrogens is 2. The Morgan fingerprint density at radius 1 is 1.00 bits per heavy atom. The summed E-state index contributed by atoms with van der Waals surface area (Å²) >= 11 is 0. The monoisotopic (exact) mass is 291 g/mol. The molecule has 0 aliphatic carbocycles. The van der Waals surface area contributed by atoms with Gasteiger partial charge in [0.25, 0.3) is 5.82 Å². The molecular formula is C19H19N2O+. The fourth-order valence-corrected chi connectivity index (χ4v) is 2.66. The zero-order valence-corrected chi connectivity index (χ0v) is 12.6. The Morgan fingerprint density at radius 2 is 1.64 bits per heavy atom. The predicted molar refractivity (Wildman–Crippen MR) is 86.3 cm³/mol. The Balaban J connectivity index is 2.03. The van der Waals surface area contributed by atoms with Gasteiger partial charge in [0.05, 0.1) is 5.56 Å². The molecule has 0 bridgehead atoms. The quantitative estimate of drug-likeness (QED) is 0.663. The smallest absolute Gasteiger partial charge is 0.289 e. The number of imidazole rings is 1. The van der Waals surface area contributed by atoms with Gasteiger partial charge in [0, 0.05) is 0 Å². The maximum Gasteiger partial charge on any atom is 0.289 e. The van der Waals surface area contributed by atoms with Crippen molar-refractivity contribution in [3.05, 3.63) is 78.6 Å². The molecule has 0 atom stereocenters. The van der Waals surface area contributed by atoms with E-state index in [4.69, 9.17) is 0 Å². The number of ketones is 1. The summed E-state index contributed by atoms with van der Waals surface area (Å²) in [5.41, 5.74) is 2.36. The first-order valence-corrected chi connectivity index (χ1v) is 7.41. The molecule has 3 aromatic rings. The summed E-state index contributed by atoms with van der Waals surface area (Å²) < 4.78 is 4.20. The molecule has 2 aromatic carbocycles. The third-order valence-electron chi connectivity index (χ3n) is 3.59. The van der Waals surface area contributed by atoms with E-state index in [0.29, 0.717) is 6.54 Å². The second kappa shape index (κ2) is 6.39. The van der Waals surface area contributed by atoms with Crippen LogP contribution in [-0.2, 0) is 17.9 Å². The molecule has 0 unspecified atom stereocenters. The van der Waals surface area contributed by atoms with E-state index >= 15 is 0 Å². The van der Waals surface area contributed by atoms with Gasteiger partial charge in [-0.15, -0.1) is 0 Å². The van der Waals surface area contributed by atoms with Crippen molar-refractivity contribution in [2.24, 2.45) is 0 Å². The highest BCUT2D eigenvalue weighted by Crippen LogP contribution is 2.16. The van der Waals surface area contributed by atoms with Gasteiger partial charge < -0.3 is 0 Å². The van der Waals surface area contributed by atoms with Crippen LogP contribution in [0.5, 0.6) is 0 Å². The molecule has 0 N–H and O–H groups in total. The summed E-state index contributed by atoms with van der Waals surface area (Å²) in [6.45, 7) is 2.80. The zero-order valence-electron chi connectivity index (χ0n) is 12.6. The van der Waals surface area contributed by atoms with Crippen molar-refractivity contribution in [1.29, 1.82) is 0 Å². The summed E-state index contributed by atoms with van der Waals surface area (Å²) in [7, 11) is 0. The van der Waals surface area contributed by atoms with Crippen LogP contribution in [0.4, 0.5) is 0 Å². The topological polar surface area (TPSA) is 25.9 Å². The first kappa shape index (κ1) is 14.3. The van der Waals surface area contributed by atoms with Crippen molar-refractivity contribution < 1.29 is 9.36 Å². The third kappa shape index (κ3) is 3.14. The number of hydrogen-bond donors (Lipinski definition) is 0. The largest absolute Gasteiger partial charge is 0.296 e. The molecule has 1 aromatic heterocycles. The molecule has 3 heteroatoms. The standard InChI is InChI=1S/C19H19N2O/c1-16(22)14-20-12-13-21(15-17-8-4-2-5-9-17)19(20)18-10-6-3-7-11-18/h2-13H,14-15H2,1H3/q+1. The lowest BCUT2D eigenvalue weighted by Gasteiger charge is -2.05. The maximum absolute atomic E-state index is 11.5. The SMILES string of the molecule is CC(=O)Cn1cc[n+](Cc2ccccc2)c1-c1ccccc1. The van der Waals surface area contributed by atoms with Crippen molar-refractivity contribution in [3.8, 4) is 11.4 Å². The molecule has 0 fully saturated rings. The molecule has 0 saturated carbocycles. The number of benzene rings is 2. The number of nitrogens with zero attached hydrogens (tertiary/aromatic N) is 2. The first-order valence-electron chi connectivity index (χ1n) is 7.41. The van der Waals surface area contributed by atoms with Crippen LogP contribution in [0.2, 0.25) is 0 Å². The van der Waals surface area contributed by atoms with Gasteiger partial charge in [-0.05, 0) is 24.6 Å². The summed E-state index contributed by atoms with van der Waals surface area (Å²) in [4.78, 5) is 11.5. The Morgan fingerprint density at radius 3 is 2.27 bits per heavy atom. The normalized spacial score (nSPS) is 10.6. The lowest BCUT2D eigenvalue weighted by atomic mass is 10.2. The van der Waals surface area contributed by atoms with Gasteiger partial charge in [-0.1, -0.05) is 48.5 Å². The van der Waals surface area contributed by atoms with Crippen molar-refractivity contribution in [2.45, 2.75) is 20.0 Å². The molecule has 0 radical (unpaired) electrons. The van der Waals surface area contributed by atoms with Crippen LogP contribution in [0.25, 0.3) is 11.4 Å². The average molecular weight is 291 g/mol. The van der Waals surface area contributed by atoms with Gasteiger partial charge in [0.2, 0.25) is 0 Å². The summed E-state index contributed by atoms with van der Waals surface area (Å²) in [6, 6.07) is 20.5. The van der Waals surface area contributed by atoms with Gasteiger partial charge in [0.15, 0.2) is 5.78 Å². The highest BCUT2D eigenvalue weighted by atomic mass is 16.1. The summed E-state index contributed by atoms with van der Waals surface area (Å²) in [5, 5.41) is 0. The molecule has 0 aliphatic rings. The van der Waals surface area contributed by atoms with Crippen LogP contribution >= 0.6 is 0 Å². The fourth-order valence-electron chi connectivity index (χ4n) is 2.66. The predicted octanol–water partition coefficient (Wildman–Crippen LogP) is 3.08. The van der Waals surface area contributed by atoms with E-state index in [2.05, 4.69) is 28.8 Å². The van der Waals surface area contributed by atoms with E-state index in [0.717, 1.165) is 17.9 Å². The summed E-state index contributed by atoms with van der Waals surface area (Å²) in [6.07, 6.45) is 4.02. The van der Waals surface area contributed by atoms with E-state index in [1.54, 1.807) is 6.92 Å². The zero-order chi connectivity index (χ0) is 15.4. The van der Waals surface area contributed by atoms with Crippen LogP contribution in [0.15, 0.2) is 73.1 Å². The highest BCUT2D eigenvalue weighted by molar-refractivity contribution is 5.75. The minimum atomic E-state index is 0.152. The Labute approximate surface area is 130 Å². The lowest BCUT2D eigenvalue weighted by Crippen LogP contribution is -2.35. The minimum absolute atomic E-state index is 0.152. The molecule has 22 heavy (non-hydrogen) atoms. The number of rotatable bonds is 5. The Bertz CT molecular complexity index is 761. The number of carbonyl (C=O) groups is 1.